The highest BCUT2D eigenvalue weighted by Gasteiger charge is 2.10. The third-order valence-corrected chi connectivity index (χ3v) is 2.80. The Bertz CT molecular complexity index is 639. The van der Waals surface area contributed by atoms with E-state index < -0.39 is 0 Å². The monoisotopic (exact) mass is 227 g/mol. The van der Waals surface area contributed by atoms with Gasteiger partial charge in [0.05, 0.1) is 5.69 Å². The first-order valence-corrected chi connectivity index (χ1v) is 5.59. The number of nitrogens with two attached hydrogens (primary N) is 1. The summed E-state index contributed by atoms with van der Waals surface area (Å²) in [6, 6.07) is 9.96. The lowest BCUT2D eigenvalue weighted by molar-refractivity contribution is 0.617. The molecular formula is C13H13N3O. The summed E-state index contributed by atoms with van der Waals surface area (Å²) >= 11 is 0. The Morgan fingerprint density at radius 2 is 2.18 bits per heavy atom. The number of para-hydroxylation sites is 1. The fraction of sp³-hybridized carbons (Fsp3) is 0.154. The van der Waals surface area contributed by atoms with Gasteiger partial charge in [-0.05, 0) is 18.7 Å². The maximum atomic E-state index is 5.51. The molecule has 2 heterocycles. The molecule has 2 aromatic heterocycles. The molecule has 1 aromatic carbocycles. The fourth-order valence-corrected chi connectivity index (χ4v) is 1.96. The average molecular weight is 227 g/mol. The van der Waals surface area contributed by atoms with Gasteiger partial charge in [-0.1, -0.05) is 18.2 Å². The van der Waals surface area contributed by atoms with Crippen molar-refractivity contribution in [3.8, 4) is 11.3 Å². The van der Waals surface area contributed by atoms with E-state index in [9.17, 15) is 0 Å². The van der Waals surface area contributed by atoms with Crippen LogP contribution in [0.1, 0.15) is 5.69 Å². The van der Waals surface area contributed by atoms with E-state index in [1.54, 1.807) is 6.26 Å². The molecule has 0 aliphatic carbocycles. The molecule has 0 spiro atoms. The molecule has 3 aromatic rings. The molecule has 0 amide bonds. The van der Waals surface area contributed by atoms with E-state index in [1.807, 2.05) is 30.3 Å². The number of nitrogens with one attached hydrogen (secondary N) is 1. The fourth-order valence-electron chi connectivity index (χ4n) is 1.96. The van der Waals surface area contributed by atoms with E-state index in [0.29, 0.717) is 6.54 Å². The molecule has 0 saturated carbocycles. The second-order valence-corrected chi connectivity index (χ2v) is 3.96. The van der Waals surface area contributed by atoms with E-state index in [0.717, 1.165) is 34.3 Å². The van der Waals surface area contributed by atoms with Crippen LogP contribution in [0.4, 0.5) is 0 Å². The number of hydrogen-bond acceptors (Lipinski definition) is 3. The zero-order valence-electron chi connectivity index (χ0n) is 9.31. The van der Waals surface area contributed by atoms with E-state index in [-0.39, 0.29) is 0 Å². The minimum absolute atomic E-state index is 0.619. The van der Waals surface area contributed by atoms with Crippen molar-refractivity contribution < 1.29 is 4.42 Å². The Balaban J connectivity index is 2.07. The van der Waals surface area contributed by atoms with Gasteiger partial charge >= 0.3 is 0 Å². The quantitative estimate of drug-likeness (QED) is 0.721. The highest BCUT2D eigenvalue weighted by molar-refractivity contribution is 5.92. The second kappa shape index (κ2) is 4.07. The van der Waals surface area contributed by atoms with Crippen LogP contribution >= 0.6 is 0 Å². The van der Waals surface area contributed by atoms with Gasteiger partial charge in [-0.3, -0.25) is 5.10 Å². The summed E-state index contributed by atoms with van der Waals surface area (Å²) in [7, 11) is 0. The smallest absolute Gasteiger partial charge is 0.134 e. The number of rotatable bonds is 3. The maximum absolute atomic E-state index is 5.51. The summed E-state index contributed by atoms with van der Waals surface area (Å²) < 4.78 is 5.49. The van der Waals surface area contributed by atoms with Gasteiger partial charge in [0.25, 0.3) is 0 Å². The SMILES string of the molecule is NCCc1cc(-c2coc3ccccc23)n[nH]1. The molecule has 3 N–H and O–H groups in total. The number of aromatic amines is 1. The predicted octanol–water partition coefficient (Wildman–Crippen LogP) is 2.32. The van der Waals surface area contributed by atoms with E-state index in [1.165, 1.54) is 0 Å². The minimum Gasteiger partial charge on any atom is -0.464 e. The molecule has 0 bridgehead atoms. The summed E-state index contributed by atoms with van der Waals surface area (Å²) in [5.41, 5.74) is 9.36. The van der Waals surface area contributed by atoms with Crippen molar-refractivity contribution in [1.82, 2.24) is 10.2 Å². The molecule has 4 nitrogen and oxygen atoms in total. The number of fused-ring (bicyclic) bond motifs is 1. The van der Waals surface area contributed by atoms with E-state index in [4.69, 9.17) is 10.2 Å². The molecular weight excluding hydrogens is 214 g/mol. The first-order chi connectivity index (χ1) is 8.38. The number of nitrogens with zero attached hydrogens (tertiary/aromatic N) is 1. The summed E-state index contributed by atoms with van der Waals surface area (Å²) in [5, 5.41) is 8.36. The zero-order chi connectivity index (χ0) is 11.7. The van der Waals surface area contributed by atoms with Gasteiger partial charge in [-0.15, -0.1) is 0 Å². The lowest BCUT2D eigenvalue weighted by Crippen LogP contribution is -2.02. The molecule has 0 fully saturated rings. The first kappa shape index (κ1) is 10.1. The van der Waals surface area contributed by atoms with Crippen LogP contribution in [0, 0.1) is 0 Å². The Morgan fingerprint density at radius 1 is 1.29 bits per heavy atom. The molecule has 86 valence electrons. The summed E-state index contributed by atoms with van der Waals surface area (Å²) in [4.78, 5) is 0. The molecule has 17 heavy (non-hydrogen) atoms. The largest absolute Gasteiger partial charge is 0.464 e. The van der Waals surface area contributed by atoms with Crippen molar-refractivity contribution in [2.24, 2.45) is 5.73 Å². The standard InChI is InChI=1S/C13H13N3O/c14-6-5-9-7-12(16-15-9)11-8-17-13-4-2-1-3-10(11)13/h1-4,7-8H,5-6,14H2,(H,15,16). The van der Waals surface area contributed by atoms with E-state index in [2.05, 4.69) is 10.2 Å². The molecule has 0 unspecified atom stereocenters. The number of furan rings is 1. The average Bonchev–Trinajstić information content (AvgIpc) is 2.95. The topological polar surface area (TPSA) is 67.8 Å². The Labute approximate surface area is 98.4 Å². The molecule has 4 heteroatoms. The second-order valence-electron chi connectivity index (χ2n) is 3.96. The van der Waals surface area contributed by atoms with Gasteiger partial charge in [0.2, 0.25) is 0 Å². The van der Waals surface area contributed by atoms with Gasteiger partial charge in [0.15, 0.2) is 0 Å². The van der Waals surface area contributed by atoms with Crippen LogP contribution in [0.2, 0.25) is 0 Å². The molecule has 0 aliphatic heterocycles. The molecule has 0 radical (unpaired) electrons. The summed E-state index contributed by atoms with van der Waals surface area (Å²) in [5.74, 6) is 0. The van der Waals surface area contributed by atoms with Crippen LogP contribution in [0.25, 0.3) is 22.2 Å². The van der Waals surface area contributed by atoms with Crippen molar-refractivity contribution in [2.45, 2.75) is 6.42 Å². The molecule has 0 atom stereocenters. The van der Waals surface area contributed by atoms with Crippen LogP contribution in [0.15, 0.2) is 41.0 Å². The zero-order valence-corrected chi connectivity index (χ0v) is 9.31. The van der Waals surface area contributed by atoms with Crippen molar-refractivity contribution in [3.05, 3.63) is 42.3 Å². The number of benzene rings is 1. The Kier molecular flexibility index (Phi) is 2.42. The first-order valence-electron chi connectivity index (χ1n) is 5.59. The third-order valence-electron chi connectivity index (χ3n) is 2.80. The van der Waals surface area contributed by atoms with Crippen LogP contribution in [0.5, 0.6) is 0 Å². The normalized spacial score (nSPS) is 11.1. The Hall–Kier alpha value is -2.07. The van der Waals surface area contributed by atoms with Crippen molar-refractivity contribution >= 4 is 11.0 Å². The van der Waals surface area contributed by atoms with Gasteiger partial charge < -0.3 is 10.2 Å². The van der Waals surface area contributed by atoms with Crippen molar-refractivity contribution in [1.29, 1.82) is 0 Å². The highest BCUT2D eigenvalue weighted by atomic mass is 16.3. The lowest BCUT2D eigenvalue weighted by Gasteiger charge is -1.91. The Morgan fingerprint density at radius 3 is 3.06 bits per heavy atom. The van der Waals surface area contributed by atoms with Crippen LogP contribution in [-0.4, -0.2) is 16.7 Å². The van der Waals surface area contributed by atoms with Crippen LogP contribution in [0.3, 0.4) is 0 Å². The minimum atomic E-state index is 0.619. The number of H-pyrrole nitrogens is 1. The van der Waals surface area contributed by atoms with E-state index >= 15 is 0 Å². The highest BCUT2D eigenvalue weighted by Crippen LogP contribution is 2.29. The number of hydrogen-bond donors (Lipinski definition) is 2. The molecule has 3 rings (SSSR count). The molecule has 0 aliphatic rings. The third kappa shape index (κ3) is 1.72. The lowest BCUT2D eigenvalue weighted by atomic mass is 10.1. The summed E-state index contributed by atoms with van der Waals surface area (Å²) in [6.07, 6.45) is 2.55. The van der Waals surface area contributed by atoms with Gasteiger partial charge in [0, 0.05) is 23.1 Å². The van der Waals surface area contributed by atoms with Crippen LogP contribution < -0.4 is 5.73 Å². The number of aromatic nitrogens is 2. The molecule has 0 saturated heterocycles. The van der Waals surface area contributed by atoms with Crippen molar-refractivity contribution in [2.75, 3.05) is 6.54 Å². The maximum Gasteiger partial charge on any atom is 0.134 e. The van der Waals surface area contributed by atoms with Gasteiger partial charge in [0.1, 0.15) is 11.8 Å². The van der Waals surface area contributed by atoms with Gasteiger partial charge in [-0.2, -0.15) is 5.10 Å². The summed E-state index contributed by atoms with van der Waals surface area (Å²) in [6.45, 7) is 0.619. The predicted molar refractivity (Wildman–Crippen MR) is 66.6 cm³/mol. The van der Waals surface area contributed by atoms with Crippen molar-refractivity contribution in [3.63, 3.8) is 0 Å². The van der Waals surface area contributed by atoms with Crippen LogP contribution in [-0.2, 0) is 6.42 Å². The van der Waals surface area contributed by atoms with Gasteiger partial charge in [-0.25, -0.2) is 0 Å².